The van der Waals surface area contributed by atoms with E-state index in [1.54, 1.807) is 4.90 Å². The quantitative estimate of drug-likeness (QED) is 0.336. The molecule has 7 nitrogen and oxygen atoms in total. The summed E-state index contributed by atoms with van der Waals surface area (Å²) in [5.74, 6) is -0.773. The van der Waals surface area contributed by atoms with Gasteiger partial charge in [0.1, 0.15) is 6.04 Å². The first-order valence-electron chi connectivity index (χ1n) is 13.0. The van der Waals surface area contributed by atoms with Crippen molar-refractivity contribution in [2.75, 3.05) is 19.6 Å². The Kier molecular flexibility index (Phi) is 7.32. The first-order valence-corrected chi connectivity index (χ1v) is 13.4. The van der Waals surface area contributed by atoms with Crippen molar-refractivity contribution in [3.8, 4) is 0 Å². The summed E-state index contributed by atoms with van der Waals surface area (Å²) in [5, 5.41) is 3.04. The van der Waals surface area contributed by atoms with Gasteiger partial charge in [0, 0.05) is 55.0 Å². The van der Waals surface area contributed by atoms with Crippen molar-refractivity contribution in [3.05, 3.63) is 81.2 Å². The molecular weight excluding hydrogens is 488 g/mol. The number of hydrogen-bond donors (Lipinski definition) is 1. The summed E-state index contributed by atoms with van der Waals surface area (Å²) in [6.07, 6.45) is 5.17. The van der Waals surface area contributed by atoms with E-state index in [4.69, 9.17) is 18.2 Å². The zero-order valence-electron chi connectivity index (χ0n) is 20.8. The summed E-state index contributed by atoms with van der Waals surface area (Å²) >= 11 is 6.18. The van der Waals surface area contributed by atoms with E-state index in [0.717, 1.165) is 68.4 Å². The fourth-order valence-corrected chi connectivity index (χ4v) is 6.11. The third-order valence-corrected chi connectivity index (χ3v) is 8.34. The molecule has 0 spiro atoms. The molecule has 3 aliphatic rings. The van der Waals surface area contributed by atoms with Crippen LogP contribution in [-0.2, 0) is 28.1 Å². The maximum absolute atomic E-state index is 13.0. The predicted octanol–water partition coefficient (Wildman–Crippen LogP) is 4.33. The molecule has 1 N–H and O–H groups in total. The summed E-state index contributed by atoms with van der Waals surface area (Å²) in [6, 6.07) is 13.0. The van der Waals surface area contributed by atoms with Crippen LogP contribution in [0.4, 0.5) is 0 Å². The van der Waals surface area contributed by atoms with E-state index < -0.39 is 11.6 Å². The average Bonchev–Trinajstić information content (AvgIpc) is 3.24. The Morgan fingerprint density at radius 2 is 1.86 bits per heavy atom. The number of piperidine rings is 2. The molecule has 0 radical (unpaired) electrons. The highest BCUT2D eigenvalue weighted by molar-refractivity contribution is 6.30. The highest BCUT2D eigenvalue weighted by Crippen LogP contribution is 2.38. The fraction of sp³-hybridized carbons (Fsp3) is 0.448. The van der Waals surface area contributed by atoms with Crippen LogP contribution in [0.15, 0.2) is 42.5 Å². The maximum Gasteiger partial charge on any atom is 0.260 e. The molecule has 1 atom stereocenters. The number of unbranched alkanes of at least 4 members (excludes halogenated alkanes) is 1. The number of halogens is 1. The first-order chi connectivity index (χ1) is 17.9. The monoisotopic (exact) mass is 518 g/mol. The Balaban J connectivity index is 1.13. The lowest BCUT2D eigenvalue weighted by molar-refractivity contribution is -0.136. The summed E-state index contributed by atoms with van der Waals surface area (Å²) in [7, 11) is 0. The molecule has 3 heterocycles. The number of rotatable bonds is 7. The SMILES string of the molecule is [C-]#[N+]C1(c2cccc(Cl)c2)CCN(CCCCc2cccc3c2CN(C2CCC(=O)NC2=O)C3=O)CC1. The lowest BCUT2D eigenvalue weighted by Gasteiger charge is -2.34. The van der Waals surface area contributed by atoms with Crippen molar-refractivity contribution >= 4 is 29.3 Å². The molecule has 2 aromatic rings. The molecular formula is C29H31ClN4O3. The molecule has 2 saturated heterocycles. The van der Waals surface area contributed by atoms with Gasteiger partial charge in [-0.05, 0) is 61.6 Å². The van der Waals surface area contributed by atoms with E-state index in [0.29, 0.717) is 23.6 Å². The fourth-order valence-electron chi connectivity index (χ4n) is 5.92. The van der Waals surface area contributed by atoms with Crippen LogP contribution >= 0.6 is 11.6 Å². The van der Waals surface area contributed by atoms with Crippen molar-refractivity contribution in [2.24, 2.45) is 0 Å². The normalized spacial score (nSPS) is 21.5. The summed E-state index contributed by atoms with van der Waals surface area (Å²) in [6.45, 7) is 11.1. The van der Waals surface area contributed by atoms with Gasteiger partial charge in [0.15, 0.2) is 0 Å². The average molecular weight is 519 g/mol. The zero-order valence-corrected chi connectivity index (χ0v) is 21.6. The van der Waals surface area contributed by atoms with Gasteiger partial charge in [-0.15, -0.1) is 0 Å². The second-order valence-corrected chi connectivity index (χ2v) is 10.7. The van der Waals surface area contributed by atoms with Gasteiger partial charge in [-0.2, -0.15) is 0 Å². The molecule has 0 bridgehead atoms. The van der Waals surface area contributed by atoms with Gasteiger partial charge in [0.25, 0.3) is 11.4 Å². The van der Waals surface area contributed by atoms with Gasteiger partial charge >= 0.3 is 0 Å². The first kappa shape index (κ1) is 25.4. The number of hydrogen-bond acceptors (Lipinski definition) is 4. The van der Waals surface area contributed by atoms with Gasteiger partial charge in [-0.3, -0.25) is 19.7 Å². The summed E-state index contributed by atoms with van der Waals surface area (Å²) in [5.41, 5.74) is 3.39. The number of nitrogens with one attached hydrogen (secondary N) is 1. The molecule has 1 unspecified atom stereocenters. The number of likely N-dealkylation sites (tertiary alicyclic amines) is 1. The molecule has 2 fully saturated rings. The van der Waals surface area contributed by atoms with Gasteiger partial charge < -0.3 is 14.6 Å². The van der Waals surface area contributed by atoms with Gasteiger partial charge in [-0.1, -0.05) is 35.9 Å². The van der Waals surface area contributed by atoms with Gasteiger partial charge in [0.05, 0.1) is 0 Å². The van der Waals surface area contributed by atoms with Crippen LogP contribution in [0.25, 0.3) is 4.85 Å². The zero-order chi connectivity index (χ0) is 26.0. The number of fused-ring (bicyclic) bond motifs is 1. The Hall–Kier alpha value is -3.21. The topological polar surface area (TPSA) is 74.1 Å². The van der Waals surface area contributed by atoms with Gasteiger partial charge in [0.2, 0.25) is 11.8 Å². The Morgan fingerprint density at radius 3 is 2.59 bits per heavy atom. The van der Waals surface area contributed by atoms with E-state index in [1.807, 2.05) is 36.4 Å². The number of benzene rings is 2. The van der Waals surface area contributed by atoms with Crippen molar-refractivity contribution in [2.45, 2.75) is 63.1 Å². The lowest BCUT2D eigenvalue weighted by Crippen LogP contribution is -2.52. The molecule has 192 valence electrons. The van der Waals surface area contributed by atoms with Crippen LogP contribution in [0.3, 0.4) is 0 Å². The van der Waals surface area contributed by atoms with E-state index in [9.17, 15) is 14.4 Å². The molecule has 0 aliphatic carbocycles. The third kappa shape index (κ3) is 5.14. The molecule has 8 heteroatoms. The van der Waals surface area contributed by atoms with Crippen molar-refractivity contribution in [1.29, 1.82) is 0 Å². The van der Waals surface area contributed by atoms with E-state index in [1.165, 1.54) is 0 Å². The van der Waals surface area contributed by atoms with E-state index >= 15 is 0 Å². The maximum atomic E-state index is 13.0. The largest absolute Gasteiger partial charge is 0.322 e. The summed E-state index contributed by atoms with van der Waals surface area (Å²) in [4.78, 5) is 45.0. The highest BCUT2D eigenvalue weighted by atomic mass is 35.5. The number of amides is 3. The Bertz CT molecular complexity index is 1260. The number of carbonyl (C=O) groups excluding carboxylic acids is 3. The summed E-state index contributed by atoms with van der Waals surface area (Å²) < 4.78 is 0. The number of aryl methyl sites for hydroxylation is 1. The predicted molar refractivity (Wildman–Crippen MR) is 141 cm³/mol. The second-order valence-electron chi connectivity index (χ2n) is 10.3. The highest BCUT2D eigenvalue weighted by Gasteiger charge is 2.42. The molecule has 2 aromatic carbocycles. The minimum Gasteiger partial charge on any atom is -0.322 e. The van der Waals surface area contributed by atoms with Crippen LogP contribution in [0, 0.1) is 6.57 Å². The molecule has 37 heavy (non-hydrogen) atoms. The minimum absolute atomic E-state index is 0.123. The third-order valence-electron chi connectivity index (χ3n) is 8.11. The smallest absolute Gasteiger partial charge is 0.260 e. The van der Waals surface area contributed by atoms with E-state index in [-0.39, 0.29) is 24.1 Å². The van der Waals surface area contributed by atoms with Gasteiger partial charge in [-0.25, -0.2) is 6.57 Å². The molecule has 0 aromatic heterocycles. The number of nitrogens with zero attached hydrogens (tertiary/aromatic N) is 3. The second kappa shape index (κ2) is 10.6. The number of imide groups is 1. The molecule has 3 aliphatic heterocycles. The minimum atomic E-state index is -0.584. The van der Waals surface area contributed by atoms with Crippen LogP contribution in [-0.4, -0.2) is 53.2 Å². The van der Waals surface area contributed by atoms with Crippen molar-refractivity contribution < 1.29 is 14.4 Å². The standard InChI is InChI=1S/C29H31ClN4O3/c1-31-29(21-8-5-9-22(30)18-21)13-16-33(17-14-29)15-3-2-6-20-7-4-10-23-24(20)19-34(28(23)37)25-11-12-26(35)32-27(25)36/h4-5,7-10,18,25H,2-3,6,11-17,19H2,(H,32,35,36). The van der Waals surface area contributed by atoms with Crippen LogP contribution in [0.5, 0.6) is 0 Å². The Labute approximate surface area is 222 Å². The van der Waals surface area contributed by atoms with Crippen LogP contribution in [0.1, 0.15) is 65.6 Å². The van der Waals surface area contributed by atoms with Crippen LogP contribution in [0.2, 0.25) is 5.02 Å². The number of carbonyl (C=O) groups is 3. The van der Waals surface area contributed by atoms with Crippen molar-refractivity contribution in [1.82, 2.24) is 15.1 Å². The van der Waals surface area contributed by atoms with E-state index in [2.05, 4.69) is 21.1 Å². The van der Waals surface area contributed by atoms with Crippen LogP contribution < -0.4 is 5.32 Å². The lowest BCUT2D eigenvalue weighted by atomic mass is 9.81. The Morgan fingerprint density at radius 1 is 1.08 bits per heavy atom. The van der Waals surface area contributed by atoms with Crippen molar-refractivity contribution in [3.63, 3.8) is 0 Å². The molecule has 5 rings (SSSR count). The molecule has 0 saturated carbocycles. The molecule has 3 amide bonds.